The van der Waals surface area contributed by atoms with Crippen LogP contribution in [-0.4, -0.2) is 41.1 Å². The number of hydrogen-bond donors (Lipinski definition) is 0. The van der Waals surface area contributed by atoms with Gasteiger partial charge in [-0.05, 0) is 87.6 Å². The summed E-state index contributed by atoms with van der Waals surface area (Å²) < 4.78 is 18.7. The third-order valence-corrected chi connectivity index (χ3v) is 17.8. The van der Waals surface area contributed by atoms with Gasteiger partial charge in [0.05, 0.1) is 24.4 Å². The van der Waals surface area contributed by atoms with E-state index in [1.165, 1.54) is 38.5 Å². The van der Waals surface area contributed by atoms with E-state index in [4.69, 9.17) is 13.6 Å². The number of hydrogen-bond acceptors (Lipinski definition) is 3. The maximum atomic E-state index is 7.15. The molecule has 8 atom stereocenters. The van der Waals surface area contributed by atoms with Gasteiger partial charge in [0.2, 0.25) is 0 Å². The molecule has 0 aromatic carbocycles. The average Bonchev–Trinajstić information content (AvgIpc) is 3.43. The fourth-order valence-electron chi connectivity index (χ4n) is 5.78. The fourth-order valence-corrected chi connectivity index (χ4v) is 15.6. The molecule has 2 heterocycles. The minimum Gasteiger partial charge on any atom is -0.455 e. The molecule has 0 N–H and O–H groups in total. The van der Waals surface area contributed by atoms with Crippen molar-refractivity contribution in [3.63, 3.8) is 0 Å². The Balaban J connectivity index is 1.37. The van der Waals surface area contributed by atoms with Gasteiger partial charge in [0.25, 0.3) is 0 Å². The molecule has 0 aromatic heterocycles. The van der Waals surface area contributed by atoms with Crippen LogP contribution in [0.5, 0.6) is 0 Å². The van der Waals surface area contributed by atoms with Gasteiger partial charge in [-0.2, -0.15) is 0 Å². The minimum atomic E-state index is -1.70. The normalized spacial score (nSPS) is 43.0. The van der Waals surface area contributed by atoms with E-state index >= 15 is 0 Å². The van der Waals surface area contributed by atoms with Crippen molar-refractivity contribution in [3.8, 4) is 0 Å². The molecule has 4 fully saturated rings. The van der Waals surface area contributed by atoms with Crippen molar-refractivity contribution in [2.24, 2.45) is 11.8 Å². The predicted molar refractivity (Wildman–Crippen MR) is 107 cm³/mol. The molecule has 2 aliphatic heterocycles. The van der Waals surface area contributed by atoms with Crippen LogP contribution in [0.4, 0.5) is 0 Å². The number of rotatable bonds is 6. The van der Waals surface area contributed by atoms with Gasteiger partial charge in [0, 0.05) is 0 Å². The van der Waals surface area contributed by atoms with E-state index in [1.54, 1.807) is 0 Å². The molecule has 4 aliphatic rings. The van der Waals surface area contributed by atoms with Crippen molar-refractivity contribution in [2.45, 2.75) is 114 Å². The zero-order chi connectivity index (χ0) is 18.0. The van der Waals surface area contributed by atoms with E-state index < -0.39 is 16.6 Å². The maximum Gasteiger partial charge on any atom is 0.176 e. The zero-order valence-electron chi connectivity index (χ0n) is 17.1. The summed E-state index contributed by atoms with van der Waals surface area (Å²) in [6.45, 7) is 14.9. The molecule has 0 aromatic rings. The van der Waals surface area contributed by atoms with Gasteiger partial charge in [0.15, 0.2) is 16.6 Å². The lowest BCUT2D eigenvalue weighted by molar-refractivity contribution is 0.329. The molecule has 5 heteroatoms. The summed E-state index contributed by atoms with van der Waals surface area (Å²) in [4.78, 5) is 0. The highest BCUT2D eigenvalue weighted by molar-refractivity contribution is 6.86. The summed E-state index contributed by atoms with van der Waals surface area (Å²) in [5, 5.41) is 0. The monoisotopic (exact) mass is 382 g/mol. The lowest BCUT2D eigenvalue weighted by Gasteiger charge is -2.45. The molecule has 2 aliphatic carbocycles. The first-order chi connectivity index (χ1) is 11.7. The highest BCUT2D eigenvalue weighted by Gasteiger charge is 2.51. The Kier molecular flexibility index (Phi) is 4.81. The first kappa shape index (κ1) is 18.7. The molecular weight excluding hydrogens is 344 g/mol. The Hall–Kier alpha value is 0.314. The third kappa shape index (κ3) is 3.82. The molecule has 2 saturated heterocycles. The Morgan fingerprint density at radius 1 is 0.680 bits per heavy atom. The highest BCUT2D eigenvalue weighted by atomic mass is 28.4. The van der Waals surface area contributed by atoms with Gasteiger partial charge in [-0.3, -0.25) is 0 Å². The Bertz CT molecular complexity index is 465. The Labute approximate surface area is 156 Å². The van der Waals surface area contributed by atoms with Crippen LogP contribution in [0.2, 0.25) is 37.3 Å². The number of epoxide rings is 2. The lowest BCUT2D eigenvalue weighted by Crippen LogP contribution is -2.52. The summed E-state index contributed by atoms with van der Waals surface area (Å²) in [5.41, 5.74) is 1.47. The van der Waals surface area contributed by atoms with Gasteiger partial charge >= 0.3 is 0 Å². The van der Waals surface area contributed by atoms with E-state index in [2.05, 4.69) is 40.0 Å². The van der Waals surface area contributed by atoms with Crippen LogP contribution in [0.3, 0.4) is 0 Å². The molecule has 0 unspecified atom stereocenters. The van der Waals surface area contributed by atoms with E-state index in [0.29, 0.717) is 24.4 Å². The molecule has 4 rings (SSSR count). The van der Waals surface area contributed by atoms with Gasteiger partial charge in [-0.25, -0.2) is 0 Å². The Morgan fingerprint density at radius 3 is 1.44 bits per heavy atom. The van der Waals surface area contributed by atoms with Crippen molar-refractivity contribution >= 4 is 16.6 Å². The standard InChI is InChI=1S/C20H38O3Si2/c1-13(15-7-9-17-19(11-15)21-17)24(3,4)23-25(5,6)14(2)16-8-10-18-20(12-16)22-18/h13-20H,7-12H2,1-6H3/t13-,14-,15-,16-,17-,18+,19+,20-/m1/s1. The number of fused-ring (bicyclic) bond motifs is 2. The average molecular weight is 383 g/mol. The van der Waals surface area contributed by atoms with Crippen molar-refractivity contribution < 1.29 is 13.6 Å². The van der Waals surface area contributed by atoms with Crippen LogP contribution in [0.15, 0.2) is 0 Å². The van der Waals surface area contributed by atoms with Crippen molar-refractivity contribution in [1.82, 2.24) is 0 Å². The second kappa shape index (κ2) is 6.44. The van der Waals surface area contributed by atoms with E-state index in [9.17, 15) is 0 Å². The Morgan fingerprint density at radius 2 is 1.08 bits per heavy atom. The SMILES string of the molecule is C[C@H]([C@@H]1CC[C@H]2O[C@H]2C1)[Si](C)(C)O[Si](C)(C)[C@H](C)[C@@H]1CC[C@@H]2O[C@@H]2C1. The first-order valence-corrected chi connectivity index (χ1v) is 16.7. The second-order valence-electron chi connectivity index (χ2n) is 10.5. The van der Waals surface area contributed by atoms with Crippen LogP contribution in [0.25, 0.3) is 0 Å². The summed E-state index contributed by atoms with van der Waals surface area (Å²) in [7, 11) is -3.40. The first-order valence-electron chi connectivity index (χ1n) is 10.7. The summed E-state index contributed by atoms with van der Waals surface area (Å²) in [5.74, 6) is 1.64. The van der Waals surface area contributed by atoms with E-state index in [0.717, 1.165) is 22.9 Å². The van der Waals surface area contributed by atoms with Gasteiger partial charge < -0.3 is 13.6 Å². The molecule has 2 saturated carbocycles. The second-order valence-corrected chi connectivity index (χ2v) is 19.5. The third-order valence-electron chi connectivity index (χ3n) is 8.22. The van der Waals surface area contributed by atoms with Crippen molar-refractivity contribution in [3.05, 3.63) is 0 Å². The maximum absolute atomic E-state index is 7.15. The van der Waals surface area contributed by atoms with Crippen LogP contribution >= 0.6 is 0 Å². The van der Waals surface area contributed by atoms with Crippen LogP contribution in [-0.2, 0) is 13.6 Å². The van der Waals surface area contributed by atoms with Gasteiger partial charge in [-0.1, -0.05) is 13.8 Å². The molecule has 25 heavy (non-hydrogen) atoms. The largest absolute Gasteiger partial charge is 0.455 e. The predicted octanol–water partition coefficient (Wildman–Crippen LogP) is 5.33. The molecule has 144 valence electrons. The van der Waals surface area contributed by atoms with Gasteiger partial charge in [0.1, 0.15) is 0 Å². The summed E-state index contributed by atoms with van der Waals surface area (Å²) in [6.07, 6.45) is 10.2. The summed E-state index contributed by atoms with van der Waals surface area (Å²) in [6, 6.07) is 0. The lowest BCUT2D eigenvalue weighted by atomic mass is 9.87. The summed E-state index contributed by atoms with van der Waals surface area (Å²) >= 11 is 0. The van der Waals surface area contributed by atoms with E-state index in [-0.39, 0.29) is 0 Å². The molecular formula is C20H38O3Si2. The smallest absolute Gasteiger partial charge is 0.176 e. The molecule has 0 radical (unpaired) electrons. The van der Waals surface area contributed by atoms with Crippen LogP contribution < -0.4 is 0 Å². The van der Waals surface area contributed by atoms with Crippen LogP contribution in [0.1, 0.15) is 52.4 Å². The zero-order valence-corrected chi connectivity index (χ0v) is 19.1. The molecule has 0 bridgehead atoms. The highest BCUT2D eigenvalue weighted by Crippen LogP contribution is 2.50. The van der Waals surface area contributed by atoms with E-state index in [1.807, 2.05) is 0 Å². The fraction of sp³-hybridized carbons (Fsp3) is 1.00. The minimum absolute atomic E-state index is 0.587. The molecule has 0 amide bonds. The van der Waals surface area contributed by atoms with Crippen LogP contribution in [0, 0.1) is 11.8 Å². The number of ether oxygens (including phenoxy) is 2. The van der Waals surface area contributed by atoms with Crippen molar-refractivity contribution in [1.29, 1.82) is 0 Å². The van der Waals surface area contributed by atoms with Gasteiger partial charge in [-0.15, -0.1) is 0 Å². The topological polar surface area (TPSA) is 34.3 Å². The quantitative estimate of drug-likeness (QED) is 0.460. The molecule has 0 spiro atoms. The van der Waals surface area contributed by atoms with Crippen molar-refractivity contribution in [2.75, 3.05) is 0 Å². The molecule has 3 nitrogen and oxygen atoms in total.